The molecule has 23 heavy (non-hydrogen) atoms. The van der Waals surface area contributed by atoms with Crippen molar-refractivity contribution in [3.63, 3.8) is 0 Å². The van der Waals surface area contributed by atoms with Crippen molar-refractivity contribution in [2.24, 2.45) is 0 Å². The number of aryl methyl sites for hydroxylation is 1. The third-order valence-electron chi connectivity index (χ3n) is 4.49. The molecule has 0 aliphatic heterocycles. The van der Waals surface area contributed by atoms with Crippen molar-refractivity contribution >= 4 is 11.8 Å². The van der Waals surface area contributed by atoms with E-state index in [0.29, 0.717) is 11.7 Å². The second-order valence-corrected chi connectivity index (χ2v) is 6.28. The number of nitrogens with one attached hydrogen (secondary N) is 2. The number of aromatic nitrogens is 1. The Labute approximate surface area is 137 Å². The van der Waals surface area contributed by atoms with Gasteiger partial charge >= 0.3 is 6.03 Å². The maximum Gasteiger partial charge on any atom is 0.320 e. The molecule has 3 rings (SSSR count). The van der Waals surface area contributed by atoms with Crippen LogP contribution < -0.4 is 10.6 Å². The Hall–Kier alpha value is -2.36. The molecule has 2 aromatic rings. The summed E-state index contributed by atoms with van der Waals surface area (Å²) in [5.41, 5.74) is 2.49. The van der Waals surface area contributed by atoms with Crippen LogP contribution in [-0.4, -0.2) is 17.1 Å². The number of anilines is 1. The van der Waals surface area contributed by atoms with E-state index in [2.05, 4.69) is 45.9 Å². The van der Waals surface area contributed by atoms with E-state index in [1.54, 1.807) is 6.20 Å². The van der Waals surface area contributed by atoms with Gasteiger partial charge in [-0.25, -0.2) is 9.78 Å². The predicted molar refractivity (Wildman–Crippen MR) is 92.6 cm³/mol. The lowest BCUT2D eigenvalue weighted by Gasteiger charge is -2.29. The summed E-state index contributed by atoms with van der Waals surface area (Å²) in [4.78, 5) is 16.2. The summed E-state index contributed by atoms with van der Waals surface area (Å²) in [6, 6.07) is 14.5. The lowest BCUT2D eigenvalue weighted by molar-refractivity contribution is 0.242. The third-order valence-corrected chi connectivity index (χ3v) is 4.49. The zero-order valence-corrected chi connectivity index (χ0v) is 13.5. The van der Waals surface area contributed by atoms with Crippen LogP contribution in [0.25, 0.3) is 0 Å². The number of benzene rings is 1. The van der Waals surface area contributed by atoms with Crippen LogP contribution in [0.5, 0.6) is 0 Å². The fraction of sp³-hybridized carbons (Fsp3) is 0.368. The summed E-state index contributed by atoms with van der Waals surface area (Å²) in [7, 11) is 0. The Morgan fingerprint density at radius 3 is 2.43 bits per heavy atom. The summed E-state index contributed by atoms with van der Waals surface area (Å²) in [5, 5.41) is 5.86. The van der Waals surface area contributed by atoms with Crippen molar-refractivity contribution in [3.8, 4) is 0 Å². The summed E-state index contributed by atoms with van der Waals surface area (Å²) in [6.07, 6.45) is 6.04. The van der Waals surface area contributed by atoms with Crippen molar-refractivity contribution in [2.45, 2.75) is 44.6 Å². The Morgan fingerprint density at radius 1 is 1.04 bits per heavy atom. The van der Waals surface area contributed by atoms with Gasteiger partial charge < -0.3 is 5.32 Å². The molecule has 120 valence electrons. The van der Waals surface area contributed by atoms with Crippen LogP contribution in [0.2, 0.25) is 0 Å². The number of carbonyl (C=O) groups excluding carboxylic acids is 1. The monoisotopic (exact) mass is 309 g/mol. The van der Waals surface area contributed by atoms with Gasteiger partial charge in [0.25, 0.3) is 0 Å². The van der Waals surface area contributed by atoms with E-state index in [1.165, 1.54) is 5.56 Å². The normalized spacial score (nSPS) is 20.7. The average molecular weight is 309 g/mol. The first-order chi connectivity index (χ1) is 11.2. The highest BCUT2D eigenvalue weighted by molar-refractivity contribution is 5.88. The smallest absolute Gasteiger partial charge is 0.320 e. The number of hydrogen-bond donors (Lipinski definition) is 2. The third kappa shape index (κ3) is 4.31. The number of amides is 2. The average Bonchev–Trinajstić information content (AvgIpc) is 2.58. The van der Waals surface area contributed by atoms with E-state index in [1.807, 2.05) is 19.1 Å². The van der Waals surface area contributed by atoms with Gasteiger partial charge in [-0.3, -0.25) is 5.32 Å². The molecule has 1 aliphatic rings. The van der Waals surface area contributed by atoms with Gasteiger partial charge in [-0.2, -0.15) is 0 Å². The molecular weight excluding hydrogens is 286 g/mol. The van der Waals surface area contributed by atoms with Gasteiger partial charge in [0.1, 0.15) is 5.82 Å². The standard InChI is InChI=1S/C19H23N3O/c1-14-7-12-18(20-13-14)22-19(23)21-17-10-8-16(9-11-17)15-5-3-2-4-6-15/h2-7,12-13,16-17H,8-11H2,1H3,(H2,20,21,22,23)/t16-,17-. The first-order valence-electron chi connectivity index (χ1n) is 8.26. The van der Waals surface area contributed by atoms with Gasteiger partial charge in [0.15, 0.2) is 0 Å². The van der Waals surface area contributed by atoms with Gasteiger partial charge in [-0.1, -0.05) is 36.4 Å². The van der Waals surface area contributed by atoms with Gasteiger partial charge in [0.05, 0.1) is 0 Å². The van der Waals surface area contributed by atoms with Crippen molar-refractivity contribution in [2.75, 3.05) is 5.32 Å². The Kier molecular flexibility index (Phi) is 4.91. The molecule has 0 spiro atoms. The van der Waals surface area contributed by atoms with Gasteiger partial charge in [0, 0.05) is 12.2 Å². The Balaban J connectivity index is 1.47. The molecule has 1 fully saturated rings. The Bertz CT molecular complexity index is 631. The largest absolute Gasteiger partial charge is 0.335 e. The number of nitrogens with zero attached hydrogens (tertiary/aromatic N) is 1. The molecule has 0 radical (unpaired) electrons. The molecule has 1 aliphatic carbocycles. The summed E-state index contributed by atoms with van der Waals surface area (Å²) in [5.74, 6) is 1.21. The molecular formula is C19H23N3O. The number of rotatable bonds is 3. The molecule has 0 bridgehead atoms. The minimum atomic E-state index is -0.162. The number of pyridine rings is 1. The Morgan fingerprint density at radius 2 is 1.78 bits per heavy atom. The van der Waals surface area contributed by atoms with E-state index in [0.717, 1.165) is 31.2 Å². The summed E-state index contributed by atoms with van der Waals surface area (Å²) < 4.78 is 0. The molecule has 1 aromatic heterocycles. The van der Waals surface area contributed by atoms with Crippen LogP contribution >= 0.6 is 0 Å². The molecule has 1 aromatic carbocycles. The van der Waals surface area contributed by atoms with Gasteiger partial charge in [-0.15, -0.1) is 0 Å². The maximum atomic E-state index is 12.1. The molecule has 1 heterocycles. The number of urea groups is 1. The molecule has 4 heteroatoms. The van der Waals surface area contributed by atoms with Crippen LogP contribution in [0.4, 0.5) is 10.6 Å². The fourth-order valence-electron chi connectivity index (χ4n) is 3.18. The highest BCUT2D eigenvalue weighted by Crippen LogP contribution is 2.32. The highest BCUT2D eigenvalue weighted by Gasteiger charge is 2.23. The lowest BCUT2D eigenvalue weighted by Crippen LogP contribution is -2.40. The van der Waals surface area contributed by atoms with Crippen LogP contribution in [0.3, 0.4) is 0 Å². The molecule has 2 N–H and O–H groups in total. The van der Waals surface area contributed by atoms with E-state index in [-0.39, 0.29) is 12.1 Å². The first-order valence-corrected chi connectivity index (χ1v) is 8.26. The van der Waals surface area contributed by atoms with Gasteiger partial charge in [-0.05, 0) is 55.7 Å². The lowest BCUT2D eigenvalue weighted by atomic mass is 9.82. The van der Waals surface area contributed by atoms with Crippen LogP contribution in [0.1, 0.15) is 42.7 Å². The highest BCUT2D eigenvalue weighted by atomic mass is 16.2. The number of hydrogen-bond acceptors (Lipinski definition) is 2. The first kappa shape index (κ1) is 15.5. The molecule has 4 nitrogen and oxygen atoms in total. The van der Waals surface area contributed by atoms with Crippen LogP contribution in [0, 0.1) is 6.92 Å². The van der Waals surface area contributed by atoms with E-state index < -0.39 is 0 Å². The molecule has 0 unspecified atom stereocenters. The van der Waals surface area contributed by atoms with Gasteiger partial charge in [0.2, 0.25) is 0 Å². The second kappa shape index (κ2) is 7.27. The molecule has 0 saturated heterocycles. The van der Waals surface area contributed by atoms with E-state index >= 15 is 0 Å². The fourth-order valence-corrected chi connectivity index (χ4v) is 3.18. The maximum absolute atomic E-state index is 12.1. The van der Waals surface area contributed by atoms with E-state index in [9.17, 15) is 4.79 Å². The van der Waals surface area contributed by atoms with Crippen molar-refractivity contribution in [3.05, 3.63) is 59.8 Å². The summed E-state index contributed by atoms with van der Waals surface area (Å²) >= 11 is 0. The zero-order chi connectivity index (χ0) is 16.1. The van der Waals surface area contributed by atoms with Crippen LogP contribution in [0.15, 0.2) is 48.7 Å². The predicted octanol–water partition coefficient (Wildman–Crippen LogP) is 4.24. The molecule has 0 atom stereocenters. The zero-order valence-electron chi connectivity index (χ0n) is 13.5. The topological polar surface area (TPSA) is 54.0 Å². The minimum Gasteiger partial charge on any atom is -0.335 e. The SMILES string of the molecule is Cc1ccc(NC(=O)N[C@H]2CC[C@H](c3ccccc3)CC2)nc1. The quantitative estimate of drug-likeness (QED) is 0.891. The molecule has 1 saturated carbocycles. The van der Waals surface area contributed by atoms with Crippen LogP contribution in [-0.2, 0) is 0 Å². The second-order valence-electron chi connectivity index (χ2n) is 6.28. The van der Waals surface area contributed by atoms with Crippen molar-refractivity contribution in [1.29, 1.82) is 0 Å². The minimum absolute atomic E-state index is 0.162. The number of carbonyl (C=O) groups is 1. The van der Waals surface area contributed by atoms with E-state index in [4.69, 9.17) is 0 Å². The summed E-state index contributed by atoms with van der Waals surface area (Å²) in [6.45, 7) is 1.97. The molecule has 2 amide bonds. The van der Waals surface area contributed by atoms with Crippen molar-refractivity contribution < 1.29 is 4.79 Å². The van der Waals surface area contributed by atoms with Crippen molar-refractivity contribution in [1.82, 2.24) is 10.3 Å².